The van der Waals surface area contributed by atoms with Gasteiger partial charge in [0.15, 0.2) is 0 Å². The van der Waals surface area contributed by atoms with Crippen molar-refractivity contribution in [3.05, 3.63) is 52.2 Å². The van der Waals surface area contributed by atoms with Gasteiger partial charge < -0.3 is 10.6 Å². The van der Waals surface area contributed by atoms with Crippen LogP contribution in [-0.2, 0) is 17.6 Å². The molecule has 3 nitrogen and oxygen atoms in total. The first-order valence-electron chi connectivity index (χ1n) is 7.18. The van der Waals surface area contributed by atoms with Gasteiger partial charge in [0.25, 0.3) is 0 Å². The molecule has 2 rings (SSSR count). The smallest absolute Gasteiger partial charge is 0.222 e. The number of amides is 1. The SMILES string of the molecule is CC(Cc1cccs1)N(C)C(=O)CCc1cccc(N)c1. The molecule has 0 saturated carbocycles. The van der Waals surface area contributed by atoms with Crippen LogP contribution in [0.1, 0.15) is 23.8 Å². The Hall–Kier alpha value is -1.81. The lowest BCUT2D eigenvalue weighted by atomic mass is 10.1. The molecule has 0 saturated heterocycles. The molecule has 2 aromatic rings. The predicted molar refractivity (Wildman–Crippen MR) is 89.4 cm³/mol. The number of anilines is 1. The van der Waals surface area contributed by atoms with Crippen molar-refractivity contribution >= 4 is 22.9 Å². The molecular weight excluding hydrogens is 280 g/mol. The fourth-order valence-corrected chi connectivity index (χ4v) is 3.11. The molecule has 0 aliphatic carbocycles. The number of carbonyl (C=O) groups excluding carboxylic acids is 1. The Morgan fingerprint density at radius 1 is 1.33 bits per heavy atom. The van der Waals surface area contributed by atoms with Gasteiger partial charge in [0.1, 0.15) is 0 Å². The van der Waals surface area contributed by atoms with Gasteiger partial charge in [-0.3, -0.25) is 4.79 Å². The van der Waals surface area contributed by atoms with Crippen LogP contribution in [0, 0.1) is 0 Å². The number of thiophene rings is 1. The molecule has 0 aliphatic heterocycles. The fourth-order valence-electron chi connectivity index (χ4n) is 2.28. The second kappa shape index (κ2) is 7.27. The number of likely N-dealkylation sites (N-methyl/N-ethyl adjacent to an activating group) is 1. The lowest BCUT2D eigenvalue weighted by Crippen LogP contribution is -2.36. The Morgan fingerprint density at radius 3 is 2.81 bits per heavy atom. The molecule has 1 amide bonds. The summed E-state index contributed by atoms with van der Waals surface area (Å²) in [7, 11) is 1.89. The number of nitrogen functional groups attached to an aromatic ring is 1. The summed E-state index contributed by atoms with van der Waals surface area (Å²) in [6, 6.07) is 12.1. The Balaban J connectivity index is 1.84. The number of nitrogens with two attached hydrogens (primary N) is 1. The van der Waals surface area contributed by atoms with Crippen LogP contribution in [0.4, 0.5) is 5.69 Å². The summed E-state index contributed by atoms with van der Waals surface area (Å²) in [6.07, 6.45) is 2.17. The van der Waals surface area contributed by atoms with Crippen LogP contribution in [0.25, 0.3) is 0 Å². The number of aryl methyl sites for hydroxylation is 1. The van der Waals surface area contributed by atoms with Gasteiger partial charge in [0, 0.05) is 36.5 Å². The second-order valence-electron chi connectivity index (χ2n) is 5.38. The molecular formula is C17H22N2OS. The third-order valence-electron chi connectivity index (χ3n) is 3.71. The molecule has 1 heterocycles. The quantitative estimate of drug-likeness (QED) is 0.832. The standard InChI is InChI=1S/C17H22N2OS/c1-13(11-16-7-4-10-21-16)19(2)17(20)9-8-14-5-3-6-15(18)12-14/h3-7,10,12-13H,8-9,11,18H2,1-2H3. The molecule has 1 aromatic heterocycles. The molecule has 2 N–H and O–H groups in total. The Labute approximate surface area is 130 Å². The molecule has 112 valence electrons. The van der Waals surface area contributed by atoms with Gasteiger partial charge in [0.2, 0.25) is 5.91 Å². The first-order chi connectivity index (χ1) is 10.1. The lowest BCUT2D eigenvalue weighted by Gasteiger charge is -2.24. The fraction of sp³-hybridized carbons (Fsp3) is 0.353. The van der Waals surface area contributed by atoms with Crippen LogP contribution < -0.4 is 5.73 Å². The highest BCUT2D eigenvalue weighted by Gasteiger charge is 2.16. The van der Waals surface area contributed by atoms with E-state index in [1.165, 1.54) is 4.88 Å². The highest BCUT2D eigenvalue weighted by atomic mass is 32.1. The molecule has 1 aromatic carbocycles. The van der Waals surface area contributed by atoms with E-state index in [9.17, 15) is 4.79 Å². The maximum absolute atomic E-state index is 12.3. The van der Waals surface area contributed by atoms with Gasteiger partial charge in [-0.25, -0.2) is 0 Å². The van der Waals surface area contributed by atoms with Gasteiger partial charge in [-0.15, -0.1) is 11.3 Å². The minimum atomic E-state index is 0.182. The number of rotatable bonds is 6. The Morgan fingerprint density at radius 2 is 2.14 bits per heavy atom. The molecule has 4 heteroatoms. The van der Waals surface area contributed by atoms with Gasteiger partial charge in [-0.1, -0.05) is 18.2 Å². The normalized spacial score (nSPS) is 12.1. The minimum absolute atomic E-state index is 0.182. The predicted octanol–water partition coefficient (Wildman–Crippen LogP) is 3.35. The van der Waals surface area contributed by atoms with Crippen molar-refractivity contribution in [3.8, 4) is 0 Å². The number of hydrogen-bond acceptors (Lipinski definition) is 3. The van der Waals surface area contributed by atoms with E-state index in [2.05, 4.69) is 18.4 Å². The highest BCUT2D eigenvalue weighted by Crippen LogP contribution is 2.15. The summed E-state index contributed by atoms with van der Waals surface area (Å²) < 4.78 is 0. The molecule has 0 fully saturated rings. The van der Waals surface area contributed by atoms with Crippen LogP contribution in [0.2, 0.25) is 0 Å². The zero-order chi connectivity index (χ0) is 15.2. The Kier molecular flexibility index (Phi) is 5.39. The van der Waals surface area contributed by atoms with Crippen LogP contribution in [-0.4, -0.2) is 23.9 Å². The molecule has 0 aliphatic rings. The summed E-state index contributed by atoms with van der Waals surface area (Å²) >= 11 is 1.74. The van der Waals surface area contributed by atoms with Gasteiger partial charge in [-0.2, -0.15) is 0 Å². The summed E-state index contributed by atoms with van der Waals surface area (Å²) in [5.41, 5.74) is 7.62. The van der Waals surface area contributed by atoms with Crippen molar-refractivity contribution in [1.82, 2.24) is 4.90 Å². The van der Waals surface area contributed by atoms with Crippen molar-refractivity contribution in [2.75, 3.05) is 12.8 Å². The van der Waals surface area contributed by atoms with E-state index in [-0.39, 0.29) is 11.9 Å². The highest BCUT2D eigenvalue weighted by molar-refractivity contribution is 7.09. The first kappa shape index (κ1) is 15.6. The number of carbonyl (C=O) groups is 1. The summed E-state index contributed by atoms with van der Waals surface area (Å²) in [5, 5.41) is 2.07. The van der Waals surface area contributed by atoms with E-state index in [1.54, 1.807) is 11.3 Å². The van der Waals surface area contributed by atoms with E-state index < -0.39 is 0 Å². The number of benzene rings is 1. The summed E-state index contributed by atoms with van der Waals surface area (Å²) in [6.45, 7) is 2.10. The molecule has 0 radical (unpaired) electrons. The molecule has 0 bridgehead atoms. The zero-order valence-corrected chi connectivity index (χ0v) is 13.4. The van der Waals surface area contributed by atoms with Crippen molar-refractivity contribution in [2.45, 2.75) is 32.2 Å². The van der Waals surface area contributed by atoms with Crippen LogP contribution >= 0.6 is 11.3 Å². The molecule has 1 atom stereocenters. The van der Waals surface area contributed by atoms with Gasteiger partial charge in [-0.05, 0) is 42.5 Å². The monoisotopic (exact) mass is 302 g/mol. The van der Waals surface area contributed by atoms with Crippen LogP contribution in [0.5, 0.6) is 0 Å². The number of nitrogens with zero attached hydrogens (tertiary/aromatic N) is 1. The average Bonchev–Trinajstić information content (AvgIpc) is 2.97. The van der Waals surface area contributed by atoms with Crippen molar-refractivity contribution in [2.24, 2.45) is 0 Å². The second-order valence-corrected chi connectivity index (χ2v) is 6.41. The summed E-state index contributed by atoms with van der Waals surface area (Å²) in [4.78, 5) is 15.4. The zero-order valence-electron chi connectivity index (χ0n) is 12.6. The average molecular weight is 302 g/mol. The minimum Gasteiger partial charge on any atom is -0.399 e. The first-order valence-corrected chi connectivity index (χ1v) is 8.06. The third-order valence-corrected chi connectivity index (χ3v) is 4.61. The maximum atomic E-state index is 12.3. The van der Waals surface area contributed by atoms with Crippen LogP contribution in [0.15, 0.2) is 41.8 Å². The topological polar surface area (TPSA) is 46.3 Å². The van der Waals surface area contributed by atoms with E-state index >= 15 is 0 Å². The van der Waals surface area contributed by atoms with Crippen molar-refractivity contribution in [3.63, 3.8) is 0 Å². The number of hydrogen-bond donors (Lipinski definition) is 1. The summed E-state index contributed by atoms with van der Waals surface area (Å²) in [5.74, 6) is 0.182. The van der Waals surface area contributed by atoms with E-state index in [0.29, 0.717) is 6.42 Å². The molecule has 21 heavy (non-hydrogen) atoms. The van der Waals surface area contributed by atoms with Crippen molar-refractivity contribution < 1.29 is 4.79 Å². The maximum Gasteiger partial charge on any atom is 0.222 e. The van der Waals surface area contributed by atoms with Gasteiger partial charge >= 0.3 is 0 Å². The lowest BCUT2D eigenvalue weighted by molar-refractivity contribution is -0.131. The molecule has 1 unspecified atom stereocenters. The van der Waals surface area contributed by atoms with E-state index in [1.807, 2.05) is 42.3 Å². The van der Waals surface area contributed by atoms with E-state index in [0.717, 1.165) is 24.1 Å². The largest absolute Gasteiger partial charge is 0.399 e. The van der Waals surface area contributed by atoms with Gasteiger partial charge in [0.05, 0.1) is 0 Å². The van der Waals surface area contributed by atoms with Crippen LogP contribution in [0.3, 0.4) is 0 Å². The van der Waals surface area contributed by atoms with E-state index in [4.69, 9.17) is 5.73 Å². The van der Waals surface area contributed by atoms with Crippen molar-refractivity contribution in [1.29, 1.82) is 0 Å². The Bertz CT molecular complexity index is 580. The third kappa shape index (κ3) is 4.60. The molecule has 0 spiro atoms.